The molecule has 15 heavy (non-hydrogen) atoms. The first-order valence-corrected chi connectivity index (χ1v) is 5.74. The largest absolute Gasteiger partial charge is 0.329 e. The van der Waals surface area contributed by atoms with Gasteiger partial charge < -0.3 is 5.73 Å². The molecule has 1 atom stereocenters. The van der Waals surface area contributed by atoms with Gasteiger partial charge in [-0.25, -0.2) is 0 Å². The molecule has 0 aliphatic carbocycles. The van der Waals surface area contributed by atoms with E-state index >= 15 is 0 Å². The van der Waals surface area contributed by atoms with Gasteiger partial charge in [0.05, 0.1) is 0 Å². The number of nitrogens with two attached hydrogens (primary N) is 1. The zero-order chi connectivity index (χ0) is 11.1. The van der Waals surface area contributed by atoms with Crippen LogP contribution in [0.2, 0.25) is 0 Å². The van der Waals surface area contributed by atoms with Crippen LogP contribution in [-0.4, -0.2) is 25.0 Å². The molecule has 0 fully saturated rings. The minimum Gasteiger partial charge on any atom is -0.329 e. The molecule has 0 aromatic heterocycles. The normalized spacial score (nSPS) is 13.1. The Morgan fingerprint density at radius 1 is 1.27 bits per heavy atom. The molecular weight excluding hydrogens is 184 g/mol. The number of hydrogen-bond acceptors (Lipinski definition) is 2. The molecule has 1 rings (SSSR count). The molecule has 2 N–H and O–H groups in total. The molecule has 0 radical (unpaired) electrons. The summed E-state index contributed by atoms with van der Waals surface area (Å²) in [4.78, 5) is 2.35. The second-order valence-electron chi connectivity index (χ2n) is 3.98. The van der Waals surface area contributed by atoms with E-state index in [1.807, 2.05) is 0 Å². The van der Waals surface area contributed by atoms with Gasteiger partial charge in [-0.1, -0.05) is 43.7 Å². The highest BCUT2D eigenvalue weighted by molar-refractivity contribution is 5.18. The van der Waals surface area contributed by atoms with Gasteiger partial charge >= 0.3 is 0 Å². The van der Waals surface area contributed by atoms with Crippen molar-refractivity contribution in [1.29, 1.82) is 0 Å². The third-order valence-corrected chi connectivity index (χ3v) is 2.76. The quantitative estimate of drug-likeness (QED) is 0.774. The Morgan fingerprint density at radius 3 is 2.47 bits per heavy atom. The van der Waals surface area contributed by atoms with Gasteiger partial charge in [0.25, 0.3) is 0 Å². The minimum atomic E-state index is 0.514. The van der Waals surface area contributed by atoms with Crippen LogP contribution in [0.5, 0.6) is 0 Å². The molecule has 2 heteroatoms. The maximum absolute atomic E-state index is 5.60. The third-order valence-electron chi connectivity index (χ3n) is 2.76. The first kappa shape index (κ1) is 12.2. The summed E-state index contributed by atoms with van der Waals surface area (Å²) < 4.78 is 0. The van der Waals surface area contributed by atoms with Crippen LogP contribution in [0.3, 0.4) is 0 Å². The van der Waals surface area contributed by atoms with Gasteiger partial charge in [-0.05, 0) is 19.0 Å². The predicted molar refractivity (Wildman–Crippen MR) is 65.8 cm³/mol. The molecule has 1 unspecified atom stereocenters. The minimum absolute atomic E-state index is 0.514. The summed E-state index contributed by atoms with van der Waals surface area (Å²) in [7, 11) is 2.15. The fourth-order valence-electron chi connectivity index (χ4n) is 1.95. The Kier molecular flexibility index (Phi) is 5.37. The molecule has 0 bridgehead atoms. The van der Waals surface area contributed by atoms with Crippen molar-refractivity contribution < 1.29 is 0 Å². The molecule has 0 saturated heterocycles. The molecule has 0 aliphatic heterocycles. The number of likely N-dealkylation sites (N-methyl/N-ethyl adjacent to an activating group) is 1. The standard InChI is InChI=1S/C13H22N2/c1-3-7-13(15(2)11-10-14)12-8-5-4-6-9-12/h4-6,8-9,13H,3,7,10-11,14H2,1-2H3. The number of rotatable bonds is 6. The summed E-state index contributed by atoms with van der Waals surface area (Å²) >= 11 is 0. The van der Waals surface area contributed by atoms with Crippen LogP contribution < -0.4 is 5.73 Å². The maximum Gasteiger partial charge on any atom is 0.0345 e. The summed E-state index contributed by atoms with van der Waals surface area (Å²) in [5.41, 5.74) is 7.00. The lowest BCUT2D eigenvalue weighted by Crippen LogP contribution is -2.29. The summed E-state index contributed by atoms with van der Waals surface area (Å²) in [6.07, 6.45) is 2.40. The molecular formula is C13H22N2. The number of benzene rings is 1. The number of nitrogens with zero attached hydrogens (tertiary/aromatic N) is 1. The first-order chi connectivity index (χ1) is 7.29. The fraction of sp³-hybridized carbons (Fsp3) is 0.538. The Bertz CT molecular complexity index is 258. The summed E-state index contributed by atoms with van der Waals surface area (Å²) in [6.45, 7) is 3.91. The highest BCUT2D eigenvalue weighted by Crippen LogP contribution is 2.23. The third kappa shape index (κ3) is 3.65. The molecule has 0 aliphatic rings. The summed E-state index contributed by atoms with van der Waals surface area (Å²) in [5.74, 6) is 0. The van der Waals surface area contributed by atoms with E-state index in [9.17, 15) is 0 Å². The van der Waals surface area contributed by atoms with Crippen molar-refractivity contribution in [3.8, 4) is 0 Å². The van der Waals surface area contributed by atoms with Crippen LogP contribution in [-0.2, 0) is 0 Å². The highest BCUT2D eigenvalue weighted by atomic mass is 15.1. The van der Waals surface area contributed by atoms with Gasteiger partial charge in [0.1, 0.15) is 0 Å². The van der Waals surface area contributed by atoms with Crippen molar-refractivity contribution >= 4 is 0 Å². The van der Waals surface area contributed by atoms with E-state index in [0.717, 1.165) is 13.1 Å². The van der Waals surface area contributed by atoms with Gasteiger partial charge in [0, 0.05) is 19.1 Å². The van der Waals surface area contributed by atoms with Gasteiger partial charge in [0.15, 0.2) is 0 Å². The van der Waals surface area contributed by atoms with Crippen molar-refractivity contribution in [3.05, 3.63) is 35.9 Å². The van der Waals surface area contributed by atoms with E-state index in [2.05, 4.69) is 49.2 Å². The van der Waals surface area contributed by atoms with Crippen LogP contribution in [0.25, 0.3) is 0 Å². The molecule has 0 heterocycles. The second-order valence-corrected chi connectivity index (χ2v) is 3.98. The van der Waals surface area contributed by atoms with Crippen molar-refractivity contribution in [1.82, 2.24) is 4.90 Å². The Labute approximate surface area is 93.1 Å². The number of hydrogen-bond donors (Lipinski definition) is 1. The van der Waals surface area contributed by atoms with Crippen LogP contribution in [0.15, 0.2) is 30.3 Å². The van der Waals surface area contributed by atoms with Crippen LogP contribution in [0.1, 0.15) is 31.4 Å². The zero-order valence-electron chi connectivity index (χ0n) is 9.82. The van der Waals surface area contributed by atoms with Crippen LogP contribution in [0.4, 0.5) is 0 Å². The smallest absolute Gasteiger partial charge is 0.0345 e. The lowest BCUT2D eigenvalue weighted by molar-refractivity contribution is 0.238. The van der Waals surface area contributed by atoms with Gasteiger partial charge in [-0.2, -0.15) is 0 Å². The average Bonchev–Trinajstić information content (AvgIpc) is 2.27. The Morgan fingerprint density at radius 2 is 1.93 bits per heavy atom. The molecule has 1 aromatic rings. The monoisotopic (exact) mass is 206 g/mol. The van der Waals surface area contributed by atoms with E-state index < -0.39 is 0 Å². The Hall–Kier alpha value is -0.860. The second kappa shape index (κ2) is 6.59. The fourth-order valence-corrected chi connectivity index (χ4v) is 1.95. The lowest BCUT2D eigenvalue weighted by Gasteiger charge is -2.27. The average molecular weight is 206 g/mol. The molecule has 2 nitrogen and oxygen atoms in total. The maximum atomic E-state index is 5.60. The Balaban J connectivity index is 2.73. The van der Waals surface area contributed by atoms with Crippen LogP contribution in [0, 0.1) is 0 Å². The van der Waals surface area contributed by atoms with Crippen molar-refractivity contribution in [2.45, 2.75) is 25.8 Å². The molecule has 0 saturated carbocycles. The first-order valence-electron chi connectivity index (χ1n) is 5.74. The summed E-state index contributed by atoms with van der Waals surface area (Å²) in [6, 6.07) is 11.2. The molecule has 0 spiro atoms. The molecule has 0 amide bonds. The molecule has 1 aromatic carbocycles. The van der Waals surface area contributed by atoms with E-state index in [-0.39, 0.29) is 0 Å². The van der Waals surface area contributed by atoms with Crippen molar-refractivity contribution in [2.24, 2.45) is 5.73 Å². The zero-order valence-corrected chi connectivity index (χ0v) is 9.82. The van der Waals surface area contributed by atoms with Gasteiger partial charge in [0.2, 0.25) is 0 Å². The van der Waals surface area contributed by atoms with Gasteiger partial charge in [-0.3, -0.25) is 4.90 Å². The van der Waals surface area contributed by atoms with Gasteiger partial charge in [-0.15, -0.1) is 0 Å². The SMILES string of the molecule is CCCC(c1ccccc1)N(C)CCN. The summed E-state index contributed by atoms with van der Waals surface area (Å²) in [5, 5.41) is 0. The van der Waals surface area contributed by atoms with E-state index in [1.54, 1.807) is 0 Å². The van der Waals surface area contributed by atoms with E-state index in [4.69, 9.17) is 5.73 Å². The molecule has 84 valence electrons. The predicted octanol–water partition coefficient (Wildman–Crippen LogP) is 2.42. The van der Waals surface area contributed by atoms with Crippen molar-refractivity contribution in [3.63, 3.8) is 0 Å². The topological polar surface area (TPSA) is 29.3 Å². The van der Waals surface area contributed by atoms with Crippen molar-refractivity contribution in [2.75, 3.05) is 20.1 Å². The van der Waals surface area contributed by atoms with E-state index in [0.29, 0.717) is 6.04 Å². The van der Waals surface area contributed by atoms with E-state index in [1.165, 1.54) is 18.4 Å². The van der Waals surface area contributed by atoms with Crippen LogP contribution >= 0.6 is 0 Å². The highest BCUT2D eigenvalue weighted by Gasteiger charge is 2.14. The lowest BCUT2D eigenvalue weighted by atomic mass is 10.0.